The summed E-state index contributed by atoms with van der Waals surface area (Å²) in [5, 5.41) is 9.53. The molecule has 0 fully saturated rings. The van der Waals surface area contributed by atoms with Crippen LogP contribution in [-0.4, -0.2) is 27.2 Å². The van der Waals surface area contributed by atoms with Crippen molar-refractivity contribution in [2.75, 3.05) is 6.54 Å². The average Bonchev–Trinajstić information content (AvgIpc) is 2.71. The Balaban J connectivity index is 2.82. The molecule has 2 rings (SSSR count). The summed E-state index contributed by atoms with van der Waals surface area (Å²) >= 11 is 0. The number of carboxylic acids is 1. The summed E-state index contributed by atoms with van der Waals surface area (Å²) in [5.74, 6) is -1.20. The Hall–Kier alpha value is -2.09. The van der Waals surface area contributed by atoms with Crippen LogP contribution in [0.3, 0.4) is 0 Å². The van der Waals surface area contributed by atoms with E-state index in [1.54, 1.807) is 6.92 Å². The SMILES string of the molecule is CCc1c(C(=O)O)n(CCN)c2ncc(C(F)(F)F)cc12. The van der Waals surface area contributed by atoms with Gasteiger partial charge in [-0.15, -0.1) is 0 Å². The number of nitrogens with two attached hydrogens (primary N) is 1. The van der Waals surface area contributed by atoms with Gasteiger partial charge in [0, 0.05) is 24.7 Å². The van der Waals surface area contributed by atoms with Gasteiger partial charge >= 0.3 is 12.1 Å². The molecule has 0 saturated heterocycles. The van der Waals surface area contributed by atoms with E-state index in [-0.39, 0.29) is 29.8 Å². The zero-order chi connectivity index (χ0) is 15.8. The highest BCUT2D eigenvalue weighted by Gasteiger charge is 2.32. The zero-order valence-corrected chi connectivity index (χ0v) is 11.2. The Kier molecular flexibility index (Phi) is 3.91. The maximum absolute atomic E-state index is 12.8. The molecule has 5 nitrogen and oxygen atoms in total. The Morgan fingerprint density at radius 3 is 2.62 bits per heavy atom. The number of hydrogen-bond acceptors (Lipinski definition) is 3. The number of alkyl halides is 3. The van der Waals surface area contributed by atoms with Crippen LogP contribution in [0.4, 0.5) is 13.2 Å². The summed E-state index contributed by atoms with van der Waals surface area (Å²) < 4.78 is 39.7. The van der Waals surface area contributed by atoms with Gasteiger partial charge in [-0.05, 0) is 18.1 Å². The molecule has 0 bridgehead atoms. The maximum Gasteiger partial charge on any atom is 0.417 e. The minimum absolute atomic E-state index is 0.0511. The number of aryl methyl sites for hydroxylation is 1. The van der Waals surface area contributed by atoms with Crippen molar-refractivity contribution in [3.8, 4) is 0 Å². The highest BCUT2D eigenvalue weighted by atomic mass is 19.4. The number of aromatic carboxylic acids is 1. The molecule has 0 radical (unpaired) electrons. The Bertz CT molecular complexity index is 692. The van der Waals surface area contributed by atoms with Gasteiger partial charge in [-0.3, -0.25) is 0 Å². The molecule has 2 aromatic rings. The van der Waals surface area contributed by atoms with Gasteiger partial charge in [-0.25, -0.2) is 9.78 Å². The molecule has 2 heterocycles. The summed E-state index contributed by atoms with van der Waals surface area (Å²) in [5.41, 5.74) is 5.05. The minimum Gasteiger partial charge on any atom is -0.477 e. The van der Waals surface area contributed by atoms with E-state index in [0.29, 0.717) is 18.2 Å². The third-order valence-corrected chi connectivity index (χ3v) is 3.24. The van der Waals surface area contributed by atoms with Crippen molar-refractivity contribution < 1.29 is 23.1 Å². The molecular weight excluding hydrogens is 287 g/mol. The molecule has 0 amide bonds. The number of rotatable bonds is 4. The molecule has 2 aromatic heterocycles. The molecule has 0 aliphatic carbocycles. The molecule has 114 valence electrons. The highest BCUT2D eigenvalue weighted by molar-refractivity contribution is 5.97. The number of carbonyl (C=O) groups is 1. The number of hydrogen-bond donors (Lipinski definition) is 2. The molecular formula is C13H14F3N3O2. The average molecular weight is 301 g/mol. The third-order valence-electron chi connectivity index (χ3n) is 3.24. The predicted molar refractivity (Wildman–Crippen MR) is 70.1 cm³/mol. The molecule has 3 N–H and O–H groups in total. The Morgan fingerprint density at radius 1 is 1.48 bits per heavy atom. The topological polar surface area (TPSA) is 81.1 Å². The second kappa shape index (κ2) is 5.36. The Labute approximate surface area is 118 Å². The molecule has 8 heteroatoms. The van der Waals surface area contributed by atoms with Gasteiger partial charge in [0.2, 0.25) is 0 Å². The minimum atomic E-state index is -4.52. The lowest BCUT2D eigenvalue weighted by molar-refractivity contribution is -0.137. The monoisotopic (exact) mass is 301 g/mol. The Morgan fingerprint density at radius 2 is 2.14 bits per heavy atom. The molecule has 0 spiro atoms. The summed E-state index contributed by atoms with van der Waals surface area (Å²) in [4.78, 5) is 15.2. The van der Waals surface area contributed by atoms with E-state index >= 15 is 0 Å². The standard InChI is InChI=1S/C13H14F3N3O2/c1-2-8-9-5-7(13(14,15)16)6-18-11(9)19(4-3-17)10(8)12(20)21/h5-6H,2-4,17H2,1H3,(H,20,21). The van der Waals surface area contributed by atoms with E-state index in [1.165, 1.54) is 4.57 Å². The first-order valence-electron chi connectivity index (χ1n) is 6.32. The van der Waals surface area contributed by atoms with E-state index in [4.69, 9.17) is 5.73 Å². The number of fused-ring (bicyclic) bond motifs is 1. The van der Waals surface area contributed by atoms with Crippen LogP contribution < -0.4 is 5.73 Å². The first kappa shape index (κ1) is 15.3. The van der Waals surface area contributed by atoms with E-state index < -0.39 is 17.7 Å². The third kappa shape index (κ3) is 2.58. The molecule has 21 heavy (non-hydrogen) atoms. The fourth-order valence-corrected chi connectivity index (χ4v) is 2.40. The number of halogens is 3. The molecule has 0 atom stereocenters. The van der Waals surface area contributed by atoms with Gasteiger partial charge in [0.05, 0.1) is 5.56 Å². The van der Waals surface area contributed by atoms with E-state index in [2.05, 4.69) is 4.98 Å². The summed E-state index contributed by atoms with van der Waals surface area (Å²) in [6.07, 6.45) is -3.52. The van der Waals surface area contributed by atoms with Crippen molar-refractivity contribution in [2.45, 2.75) is 26.1 Å². The fraction of sp³-hybridized carbons (Fsp3) is 0.385. The molecule has 0 saturated carbocycles. The van der Waals surface area contributed by atoms with Gasteiger partial charge < -0.3 is 15.4 Å². The second-order valence-corrected chi connectivity index (χ2v) is 4.52. The van der Waals surface area contributed by atoms with Crippen LogP contribution in [0, 0.1) is 0 Å². The van der Waals surface area contributed by atoms with Crippen LogP contribution in [-0.2, 0) is 19.1 Å². The number of pyridine rings is 1. The number of aromatic nitrogens is 2. The molecule has 0 unspecified atom stereocenters. The van der Waals surface area contributed by atoms with Gasteiger partial charge in [0.1, 0.15) is 11.3 Å². The van der Waals surface area contributed by atoms with Crippen LogP contribution >= 0.6 is 0 Å². The predicted octanol–water partition coefficient (Wildman–Crippen LogP) is 2.27. The first-order valence-corrected chi connectivity index (χ1v) is 6.32. The second-order valence-electron chi connectivity index (χ2n) is 4.52. The fourth-order valence-electron chi connectivity index (χ4n) is 2.40. The van der Waals surface area contributed by atoms with Crippen LogP contribution in [0.5, 0.6) is 0 Å². The van der Waals surface area contributed by atoms with Crippen molar-refractivity contribution in [3.63, 3.8) is 0 Å². The number of carboxylic acid groups (broad SMARTS) is 1. The van der Waals surface area contributed by atoms with Crippen molar-refractivity contribution in [2.24, 2.45) is 5.73 Å². The van der Waals surface area contributed by atoms with E-state index in [0.717, 1.165) is 6.07 Å². The lowest BCUT2D eigenvalue weighted by atomic mass is 10.1. The highest BCUT2D eigenvalue weighted by Crippen LogP contribution is 2.33. The largest absolute Gasteiger partial charge is 0.477 e. The van der Waals surface area contributed by atoms with Gasteiger partial charge in [-0.2, -0.15) is 13.2 Å². The van der Waals surface area contributed by atoms with Crippen LogP contribution in [0.15, 0.2) is 12.3 Å². The van der Waals surface area contributed by atoms with Crippen LogP contribution in [0.1, 0.15) is 28.5 Å². The van der Waals surface area contributed by atoms with Gasteiger partial charge in [-0.1, -0.05) is 6.92 Å². The molecule has 0 aliphatic heterocycles. The van der Waals surface area contributed by atoms with Crippen LogP contribution in [0.25, 0.3) is 11.0 Å². The quantitative estimate of drug-likeness (QED) is 0.907. The maximum atomic E-state index is 12.8. The van der Waals surface area contributed by atoms with Gasteiger partial charge in [0.15, 0.2) is 0 Å². The molecule has 0 aromatic carbocycles. The molecule has 0 aliphatic rings. The first-order chi connectivity index (χ1) is 9.81. The number of nitrogens with zero attached hydrogens (tertiary/aromatic N) is 2. The lowest BCUT2D eigenvalue weighted by Crippen LogP contribution is -2.16. The van der Waals surface area contributed by atoms with Crippen molar-refractivity contribution >= 4 is 17.0 Å². The van der Waals surface area contributed by atoms with E-state index in [9.17, 15) is 23.1 Å². The lowest BCUT2D eigenvalue weighted by Gasteiger charge is -2.07. The summed E-state index contributed by atoms with van der Waals surface area (Å²) in [6, 6.07) is 0.945. The summed E-state index contributed by atoms with van der Waals surface area (Å²) in [6.45, 7) is 2.03. The van der Waals surface area contributed by atoms with Gasteiger partial charge in [0.25, 0.3) is 0 Å². The van der Waals surface area contributed by atoms with Crippen molar-refractivity contribution in [1.29, 1.82) is 0 Å². The van der Waals surface area contributed by atoms with Crippen LogP contribution in [0.2, 0.25) is 0 Å². The normalized spacial score (nSPS) is 12.0. The van der Waals surface area contributed by atoms with Crippen molar-refractivity contribution in [1.82, 2.24) is 9.55 Å². The zero-order valence-electron chi connectivity index (χ0n) is 11.2. The smallest absolute Gasteiger partial charge is 0.417 e. The van der Waals surface area contributed by atoms with E-state index in [1.807, 2.05) is 0 Å². The summed E-state index contributed by atoms with van der Waals surface area (Å²) in [7, 11) is 0. The van der Waals surface area contributed by atoms with Crippen molar-refractivity contribution in [3.05, 3.63) is 29.1 Å².